The third-order valence-electron chi connectivity index (χ3n) is 4.98. The average molecular weight is 375 g/mol. The summed E-state index contributed by atoms with van der Waals surface area (Å²) in [7, 11) is 0. The maximum absolute atomic E-state index is 11.3. The summed E-state index contributed by atoms with van der Waals surface area (Å²) in [5.74, 6) is -1.46. The monoisotopic (exact) mass is 375 g/mol. The summed E-state index contributed by atoms with van der Waals surface area (Å²) in [5.41, 5.74) is 5.00. The van der Waals surface area contributed by atoms with Gasteiger partial charge in [-0.25, -0.2) is 0 Å². The molecule has 1 aliphatic carbocycles. The number of carbonyl (C=O) groups is 1. The van der Waals surface area contributed by atoms with Gasteiger partial charge in [0.05, 0.1) is 12.7 Å². The van der Waals surface area contributed by atoms with Crippen molar-refractivity contribution in [3.8, 4) is 16.9 Å². The SMILES string of the molecule is NC(=O)c1cccc(-c2ccc(OC(O)C3(O)C(O)C(O)C3CO)cc2)c1. The van der Waals surface area contributed by atoms with Gasteiger partial charge in [0, 0.05) is 11.5 Å². The van der Waals surface area contributed by atoms with E-state index in [1.807, 2.05) is 0 Å². The molecule has 1 fully saturated rings. The summed E-state index contributed by atoms with van der Waals surface area (Å²) < 4.78 is 5.27. The van der Waals surface area contributed by atoms with E-state index in [9.17, 15) is 30.3 Å². The first-order chi connectivity index (χ1) is 12.8. The summed E-state index contributed by atoms with van der Waals surface area (Å²) in [6.07, 6.45) is -4.84. The van der Waals surface area contributed by atoms with E-state index in [0.717, 1.165) is 11.1 Å². The minimum Gasteiger partial charge on any atom is -0.462 e. The number of rotatable bonds is 6. The third kappa shape index (κ3) is 3.29. The molecule has 7 N–H and O–H groups in total. The first-order valence-electron chi connectivity index (χ1n) is 8.33. The van der Waals surface area contributed by atoms with Gasteiger partial charge < -0.3 is 36.0 Å². The molecule has 3 rings (SSSR count). The predicted molar refractivity (Wildman–Crippen MR) is 94.6 cm³/mol. The largest absolute Gasteiger partial charge is 0.462 e. The fraction of sp³-hybridized carbons (Fsp3) is 0.316. The Bertz CT molecular complexity index is 825. The molecule has 5 atom stereocenters. The number of ether oxygens (including phenoxy) is 1. The Labute approximate surface area is 155 Å². The zero-order valence-corrected chi connectivity index (χ0v) is 14.3. The van der Waals surface area contributed by atoms with E-state index < -0.39 is 42.5 Å². The maximum atomic E-state index is 11.3. The second-order valence-electron chi connectivity index (χ2n) is 6.55. The van der Waals surface area contributed by atoms with Crippen molar-refractivity contribution < 1.29 is 35.1 Å². The highest BCUT2D eigenvalue weighted by Gasteiger charge is 2.65. The molecule has 0 spiro atoms. The highest BCUT2D eigenvalue weighted by molar-refractivity contribution is 5.94. The van der Waals surface area contributed by atoms with Gasteiger partial charge in [-0.15, -0.1) is 0 Å². The van der Waals surface area contributed by atoms with E-state index in [2.05, 4.69) is 0 Å². The molecule has 8 heteroatoms. The van der Waals surface area contributed by atoms with Crippen LogP contribution in [-0.4, -0.2) is 62.1 Å². The third-order valence-corrected chi connectivity index (χ3v) is 4.98. The lowest BCUT2D eigenvalue weighted by Gasteiger charge is -2.53. The van der Waals surface area contributed by atoms with Gasteiger partial charge in [-0.3, -0.25) is 4.79 Å². The average Bonchev–Trinajstić information content (AvgIpc) is 2.68. The number of aliphatic hydroxyl groups is 5. The molecule has 0 saturated heterocycles. The van der Waals surface area contributed by atoms with Crippen LogP contribution in [0.1, 0.15) is 10.4 Å². The first-order valence-corrected chi connectivity index (χ1v) is 8.33. The molecule has 0 aromatic heterocycles. The van der Waals surface area contributed by atoms with Gasteiger partial charge >= 0.3 is 0 Å². The molecule has 1 saturated carbocycles. The van der Waals surface area contributed by atoms with Crippen molar-refractivity contribution in [3.63, 3.8) is 0 Å². The molecule has 0 aliphatic heterocycles. The van der Waals surface area contributed by atoms with Gasteiger partial charge in [0.1, 0.15) is 11.9 Å². The van der Waals surface area contributed by atoms with Crippen LogP contribution in [-0.2, 0) is 0 Å². The maximum Gasteiger partial charge on any atom is 0.248 e. The Balaban J connectivity index is 1.75. The number of carbonyl (C=O) groups excluding carboxylic acids is 1. The van der Waals surface area contributed by atoms with Crippen LogP contribution in [0.4, 0.5) is 0 Å². The van der Waals surface area contributed by atoms with Crippen LogP contribution in [0.5, 0.6) is 5.75 Å². The Morgan fingerprint density at radius 2 is 1.81 bits per heavy atom. The number of hydrogen-bond acceptors (Lipinski definition) is 7. The van der Waals surface area contributed by atoms with Crippen LogP contribution in [0.25, 0.3) is 11.1 Å². The lowest BCUT2D eigenvalue weighted by atomic mass is 9.64. The molecule has 0 heterocycles. The van der Waals surface area contributed by atoms with E-state index >= 15 is 0 Å². The van der Waals surface area contributed by atoms with Gasteiger partial charge in [-0.05, 0) is 35.4 Å². The summed E-state index contributed by atoms with van der Waals surface area (Å²) >= 11 is 0. The highest BCUT2D eigenvalue weighted by Crippen LogP contribution is 2.42. The van der Waals surface area contributed by atoms with Crippen molar-refractivity contribution in [1.82, 2.24) is 0 Å². The van der Waals surface area contributed by atoms with E-state index in [1.165, 1.54) is 12.1 Å². The Morgan fingerprint density at radius 3 is 2.41 bits per heavy atom. The van der Waals surface area contributed by atoms with E-state index in [4.69, 9.17) is 10.5 Å². The normalized spacial score (nSPS) is 28.3. The van der Waals surface area contributed by atoms with Gasteiger partial charge in [-0.1, -0.05) is 24.3 Å². The van der Waals surface area contributed by atoms with Crippen LogP contribution in [0, 0.1) is 5.92 Å². The lowest BCUT2D eigenvalue weighted by Crippen LogP contribution is -2.76. The van der Waals surface area contributed by atoms with Crippen LogP contribution in [0.15, 0.2) is 48.5 Å². The summed E-state index contributed by atoms with van der Waals surface area (Å²) in [6.45, 7) is -0.621. The molecule has 2 aromatic rings. The number of primary amides is 1. The molecule has 144 valence electrons. The molecule has 8 nitrogen and oxygen atoms in total. The molecular formula is C19H21NO7. The summed E-state index contributed by atoms with van der Waals surface area (Å²) in [4.78, 5) is 11.3. The van der Waals surface area contributed by atoms with Gasteiger partial charge in [0.25, 0.3) is 0 Å². The molecule has 2 aromatic carbocycles. The fourth-order valence-electron chi connectivity index (χ4n) is 3.25. The molecule has 1 aliphatic rings. The number of nitrogens with two attached hydrogens (primary N) is 1. The second-order valence-corrected chi connectivity index (χ2v) is 6.55. The van der Waals surface area contributed by atoms with Crippen LogP contribution >= 0.6 is 0 Å². The molecule has 1 amide bonds. The number of benzene rings is 2. The van der Waals surface area contributed by atoms with E-state index in [-0.39, 0.29) is 5.75 Å². The van der Waals surface area contributed by atoms with Crippen LogP contribution < -0.4 is 10.5 Å². The number of amides is 1. The van der Waals surface area contributed by atoms with Crippen LogP contribution in [0.2, 0.25) is 0 Å². The fourth-order valence-corrected chi connectivity index (χ4v) is 3.25. The predicted octanol–water partition coefficient (Wildman–Crippen LogP) is -0.775. The standard InChI is InChI=1S/C19H21NO7/c20-17(24)12-3-1-2-11(8-12)10-4-6-13(7-5-10)27-18(25)19(26)14(9-21)15(22)16(19)23/h1-8,14-16,18,21-23,25-26H,9H2,(H2,20,24). The summed E-state index contributed by atoms with van der Waals surface area (Å²) in [6, 6.07) is 13.2. The Kier molecular flexibility index (Phi) is 5.18. The number of hydrogen-bond donors (Lipinski definition) is 6. The highest BCUT2D eigenvalue weighted by atomic mass is 16.6. The quantitative estimate of drug-likeness (QED) is 0.362. The lowest BCUT2D eigenvalue weighted by molar-refractivity contribution is -0.332. The van der Waals surface area contributed by atoms with Gasteiger partial charge in [0.15, 0.2) is 5.60 Å². The second kappa shape index (κ2) is 7.26. The van der Waals surface area contributed by atoms with Crippen molar-refractivity contribution in [2.45, 2.75) is 24.1 Å². The molecular weight excluding hydrogens is 354 g/mol. The molecule has 0 bridgehead atoms. The summed E-state index contributed by atoms with van der Waals surface area (Å²) in [5, 5.41) is 49.1. The van der Waals surface area contributed by atoms with Gasteiger partial charge in [-0.2, -0.15) is 0 Å². The van der Waals surface area contributed by atoms with Crippen LogP contribution in [0.3, 0.4) is 0 Å². The zero-order chi connectivity index (χ0) is 19.8. The molecule has 5 unspecified atom stereocenters. The minimum absolute atomic E-state index is 0.205. The first kappa shape index (κ1) is 19.3. The zero-order valence-electron chi connectivity index (χ0n) is 14.3. The Morgan fingerprint density at radius 1 is 1.15 bits per heavy atom. The van der Waals surface area contributed by atoms with Crippen molar-refractivity contribution in [2.75, 3.05) is 6.61 Å². The molecule has 0 radical (unpaired) electrons. The topological polar surface area (TPSA) is 153 Å². The Hall–Kier alpha value is -2.49. The van der Waals surface area contributed by atoms with Crippen molar-refractivity contribution in [3.05, 3.63) is 54.1 Å². The minimum atomic E-state index is -2.18. The van der Waals surface area contributed by atoms with Crippen molar-refractivity contribution >= 4 is 5.91 Å². The van der Waals surface area contributed by atoms with Gasteiger partial charge in [0.2, 0.25) is 12.2 Å². The molecule has 27 heavy (non-hydrogen) atoms. The van der Waals surface area contributed by atoms with Crippen molar-refractivity contribution in [2.24, 2.45) is 11.7 Å². The number of aliphatic hydroxyl groups excluding tert-OH is 4. The smallest absolute Gasteiger partial charge is 0.248 e. The van der Waals surface area contributed by atoms with E-state index in [0.29, 0.717) is 5.56 Å². The van der Waals surface area contributed by atoms with E-state index in [1.54, 1.807) is 36.4 Å². The van der Waals surface area contributed by atoms with Crippen molar-refractivity contribution in [1.29, 1.82) is 0 Å².